The fourth-order valence-electron chi connectivity index (χ4n) is 1.77. The van der Waals surface area contributed by atoms with Gasteiger partial charge in [0.1, 0.15) is 17.3 Å². The van der Waals surface area contributed by atoms with E-state index in [-0.39, 0.29) is 17.4 Å². The molecule has 1 heterocycles. The van der Waals surface area contributed by atoms with E-state index in [1.807, 2.05) is 0 Å². The molecule has 0 bridgehead atoms. The number of halogens is 1. The highest BCUT2D eigenvalue weighted by molar-refractivity contribution is 5.92. The number of hydrogen-bond donors (Lipinski definition) is 1. The average molecular weight is 274 g/mol. The van der Waals surface area contributed by atoms with E-state index in [4.69, 9.17) is 0 Å². The molecule has 20 heavy (non-hydrogen) atoms. The van der Waals surface area contributed by atoms with Gasteiger partial charge in [-0.05, 0) is 17.7 Å². The Hall–Kier alpha value is -2.50. The number of nitrogens with one attached hydrogen (secondary N) is 1. The molecule has 1 aromatic carbocycles. The van der Waals surface area contributed by atoms with Crippen molar-refractivity contribution in [2.75, 3.05) is 19.4 Å². The summed E-state index contributed by atoms with van der Waals surface area (Å²) in [5.41, 5.74) is 0.967. The first-order valence-corrected chi connectivity index (χ1v) is 6.10. The van der Waals surface area contributed by atoms with Crippen LogP contribution in [0.25, 0.3) is 0 Å². The summed E-state index contributed by atoms with van der Waals surface area (Å²) in [4.78, 5) is 21.8. The van der Waals surface area contributed by atoms with E-state index >= 15 is 0 Å². The first kappa shape index (κ1) is 13.9. The molecular weight excluding hydrogens is 259 g/mol. The molecular formula is C14H15FN4O. The molecule has 5 nitrogen and oxygen atoms in total. The lowest BCUT2D eigenvalue weighted by molar-refractivity contribution is 0.0779. The maximum Gasteiger partial charge on any atom is 0.274 e. The third-order valence-electron chi connectivity index (χ3n) is 2.77. The van der Waals surface area contributed by atoms with Gasteiger partial charge in [0.05, 0.1) is 12.4 Å². The van der Waals surface area contributed by atoms with Crippen LogP contribution in [0.5, 0.6) is 0 Å². The molecule has 0 spiro atoms. The summed E-state index contributed by atoms with van der Waals surface area (Å²) < 4.78 is 13.1. The molecule has 0 aliphatic carbocycles. The van der Waals surface area contributed by atoms with E-state index < -0.39 is 0 Å². The second-order valence-electron chi connectivity index (χ2n) is 4.33. The summed E-state index contributed by atoms with van der Waals surface area (Å²) in [6, 6.07) is 6.15. The highest BCUT2D eigenvalue weighted by atomic mass is 19.1. The predicted molar refractivity (Wildman–Crippen MR) is 73.8 cm³/mol. The molecule has 0 saturated heterocycles. The van der Waals surface area contributed by atoms with E-state index in [9.17, 15) is 9.18 Å². The van der Waals surface area contributed by atoms with Crippen LogP contribution < -0.4 is 5.32 Å². The Kier molecular flexibility index (Phi) is 4.24. The van der Waals surface area contributed by atoms with Crippen molar-refractivity contribution in [2.24, 2.45) is 0 Å². The molecule has 0 saturated carbocycles. The summed E-state index contributed by atoms with van der Waals surface area (Å²) in [6.45, 7) is 0.308. The van der Waals surface area contributed by atoms with Crippen LogP contribution in [0.3, 0.4) is 0 Å². The van der Waals surface area contributed by atoms with Crippen LogP contribution in [0.1, 0.15) is 16.1 Å². The summed E-state index contributed by atoms with van der Waals surface area (Å²) in [5.74, 6) is -0.0609. The first-order chi connectivity index (χ1) is 9.60. The molecule has 0 aliphatic rings. The Bertz CT molecular complexity index is 618. The highest BCUT2D eigenvalue weighted by Crippen LogP contribution is 2.09. The van der Waals surface area contributed by atoms with Gasteiger partial charge < -0.3 is 10.2 Å². The molecule has 1 N–H and O–H groups in total. The van der Waals surface area contributed by atoms with Crippen LogP contribution in [0, 0.1) is 5.82 Å². The second kappa shape index (κ2) is 6.10. The quantitative estimate of drug-likeness (QED) is 0.925. The van der Waals surface area contributed by atoms with Crippen molar-refractivity contribution < 1.29 is 9.18 Å². The Balaban J connectivity index is 2.12. The number of carbonyl (C=O) groups is 1. The van der Waals surface area contributed by atoms with Crippen molar-refractivity contribution in [3.8, 4) is 0 Å². The molecule has 1 amide bonds. The van der Waals surface area contributed by atoms with E-state index in [1.54, 1.807) is 26.2 Å². The predicted octanol–water partition coefficient (Wildman–Crippen LogP) is 1.93. The lowest BCUT2D eigenvalue weighted by Gasteiger charge is -2.17. The minimum atomic E-state index is -0.319. The molecule has 2 aromatic rings. The van der Waals surface area contributed by atoms with Crippen molar-refractivity contribution in [1.82, 2.24) is 14.9 Å². The molecule has 0 atom stereocenters. The lowest BCUT2D eigenvalue weighted by Crippen LogP contribution is -2.27. The third-order valence-corrected chi connectivity index (χ3v) is 2.77. The monoisotopic (exact) mass is 274 g/mol. The van der Waals surface area contributed by atoms with Gasteiger partial charge in [0.2, 0.25) is 0 Å². The number of rotatable bonds is 4. The number of carbonyl (C=O) groups excluding carboxylic acids is 1. The summed E-state index contributed by atoms with van der Waals surface area (Å²) in [7, 11) is 3.34. The van der Waals surface area contributed by atoms with Crippen molar-refractivity contribution in [2.45, 2.75) is 6.54 Å². The van der Waals surface area contributed by atoms with Crippen LogP contribution in [-0.4, -0.2) is 34.9 Å². The lowest BCUT2D eigenvalue weighted by atomic mass is 10.2. The number of anilines is 1. The normalized spacial score (nSPS) is 10.2. The number of amides is 1. The van der Waals surface area contributed by atoms with Gasteiger partial charge in [-0.15, -0.1) is 0 Å². The van der Waals surface area contributed by atoms with Crippen LogP contribution >= 0.6 is 0 Å². The van der Waals surface area contributed by atoms with Crippen LogP contribution in [0.15, 0.2) is 36.7 Å². The fraction of sp³-hybridized carbons (Fsp3) is 0.214. The van der Waals surface area contributed by atoms with Crippen LogP contribution in [0.4, 0.5) is 10.2 Å². The van der Waals surface area contributed by atoms with Gasteiger partial charge in [0.25, 0.3) is 5.91 Å². The van der Waals surface area contributed by atoms with Gasteiger partial charge in [-0.1, -0.05) is 12.1 Å². The minimum Gasteiger partial charge on any atom is -0.372 e. The van der Waals surface area contributed by atoms with E-state index in [0.717, 1.165) is 5.56 Å². The Morgan fingerprint density at radius 1 is 1.40 bits per heavy atom. The molecule has 6 heteroatoms. The van der Waals surface area contributed by atoms with Crippen LogP contribution in [-0.2, 0) is 6.54 Å². The van der Waals surface area contributed by atoms with Gasteiger partial charge in [0.15, 0.2) is 0 Å². The van der Waals surface area contributed by atoms with Gasteiger partial charge in [-0.3, -0.25) is 9.78 Å². The van der Waals surface area contributed by atoms with Gasteiger partial charge >= 0.3 is 0 Å². The molecule has 1 aromatic heterocycles. The second-order valence-corrected chi connectivity index (χ2v) is 4.33. The maximum absolute atomic E-state index is 13.1. The first-order valence-electron chi connectivity index (χ1n) is 6.10. The smallest absolute Gasteiger partial charge is 0.274 e. The van der Waals surface area contributed by atoms with E-state index in [0.29, 0.717) is 12.4 Å². The molecule has 104 valence electrons. The standard InChI is InChI=1S/C14H15FN4O/c1-16-13-8-17-7-12(18-13)14(20)19(2)9-10-4-3-5-11(15)6-10/h3-8H,9H2,1-2H3,(H,16,18). The Morgan fingerprint density at radius 3 is 2.90 bits per heavy atom. The average Bonchev–Trinajstić information content (AvgIpc) is 2.46. The van der Waals surface area contributed by atoms with E-state index in [2.05, 4.69) is 15.3 Å². The number of benzene rings is 1. The SMILES string of the molecule is CNc1cncc(C(=O)N(C)Cc2cccc(F)c2)n1. The number of nitrogens with zero attached hydrogens (tertiary/aromatic N) is 3. The summed E-state index contributed by atoms with van der Waals surface area (Å²) in [5, 5.41) is 2.82. The largest absolute Gasteiger partial charge is 0.372 e. The fourth-order valence-corrected chi connectivity index (χ4v) is 1.77. The van der Waals surface area contributed by atoms with Crippen molar-refractivity contribution >= 4 is 11.7 Å². The van der Waals surface area contributed by atoms with Crippen LogP contribution in [0.2, 0.25) is 0 Å². The molecule has 0 aliphatic heterocycles. The van der Waals surface area contributed by atoms with Gasteiger partial charge in [-0.2, -0.15) is 0 Å². The summed E-state index contributed by atoms with van der Waals surface area (Å²) >= 11 is 0. The zero-order valence-corrected chi connectivity index (χ0v) is 11.3. The van der Waals surface area contributed by atoms with Crippen molar-refractivity contribution in [1.29, 1.82) is 0 Å². The molecule has 0 unspecified atom stereocenters. The number of aromatic nitrogens is 2. The zero-order chi connectivity index (χ0) is 14.5. The Labute approximate surface area is 116 Å². The molecule has 0 radical (unpaired) electrons. The molecule has 2 rings (SSSR count). The van der Waals surface area contributed by atoms with Gasteiger partial charge in [0, 0.05) is 20.6 Å². The van der Waals surface area contributed by atoms with Crippen molar-refractivity contribution in [3.05, 3.63) is 53.7 Å². The highest BCUT2D eigenvalue weighted by Gasteiger charge is 2.14. The maximum atomic E-state index is 13.1. The van der Waals surface area contributed by atoms with Crippen molar-refractivity contribution in [3.63, 3.8) is 0 Å². The molecule has 0 fully saturated rings. The van der Waals surface area contributed by atoms with E-state index in [1.165, 1.54) is 29.4 Å². The third kappa shape index (κ3) is 3.28. The number of hydrogen-bond acceptors (Lipinski definition) is 4. The summed E-state index contributed by atoms with van der Waals surface area (Å²) in [6.07, 6.45) is 2.94. The zero-order valence-electron chi connectivity index (χ0n) is 11.3. The Morgan fingerprint density at radius 2 is 2.20 bits per heavy atom. The topological polar surface area (TPSA) is 58.1 Å². The minimum absolute atomic E-state index is 0.246. The van der Waals surface area contributed by atoms with Gasteiger partial charge in [-0.25, -0.2) is 9.37 Å².